The summed E-state index contributed by atoms with van der Waals surface area (Å²) >= 11 is 0. The number of hydrogen-bond acceptors (Lipinski definition) is 6. The average Bonchev–Trinajstić information content (AvgIpc) is 3.06. The van der Waals surface area contributed by atoms with Crippen LogP contribution in [0.25, 0.3) is 5.69 Å². The molecule has 2 aromatic carbocycles. The van der Waals surface area contributed by atoms with Gasteiger partial charge in [-0.1, -0.05) is 6.07 Å². The number of methoxy groups -OCH3 is 1. The third-order valence-corrected chi connectivity index (χ3v) is 4.08. The lowest BCUT2D eigenvalue weighted by Crippen LogP contribution is -2.22. The van der Waals surface area contributed by atoms with Gasteiger partial charge in [0, 0.05) is 18.2 Å². The Labute approximate surface area is 167 Å². The van der Waals surface area contributed by atoms with E-state index in [4.69, 9.17) is 9.47 Å². The number of non-ortho nitro benzene ring substituents is 1. The number of ether oxygens (including phenoxy) is 2. The Hall–Kier alpha value is -3.88. The first kappa shape index (κ1) is 19.9. The van der Waals surface area contributed by atoms with Gasteiger partial charge in [0.1, 0.15) is 5.82 Å². The van der Waals surface area contributed by atoms with E-state index in [1.54, 1.807) is 31.2 Å². The van der Waals surface area contributed by atoms with Crippen LogP contribution in [0.5, 0.6) is 11.5 Å². The second-order valence-electron chi connectivity index (χ2n) is 6.35. The van der Waals surface area contributed by atoms with Crippen LogP contribution in [0.3, 0.4) is 0 Å². The maximum Gasteiger partial charge on any atom is 0.269 e. The number of nitro groups is 1. The molecule has 0 radical (unpaired) electrons. The lowest BCUT2D eigenvalue weighted by molar-refractivity contribution is -0.384. The summed E-state index contributed by atoms with van der Waals surface area (Å²) in [5, 5.41) is 17.9. The molecule has 0 unspecified atom stereocenters. The number of nitrogens with zero attached hydrogens (tertiary/aromatic N) is 3. The van der Waals surface area contributed by atoms with Crippen LogP contribution in [-0.4, -0.2) is 34.3 Å². The summed E-state index contributed by atoms with van der Waals surface area (Å²) in [5.41, 5.74) is 2.25. The van der Waals surface area contributed by atoms with Gasteiger partial charge < -0.3 is 14.8 Å². The van der Waals surface area contributed by atoms with Crippen LogP contribution < -0.4 is 14.8 Å². The molecule has 1 aromatic heterocycles. The molecule has 0 aliphatic rings. The van der Waals surface area contributed by atoms with E-state index in [1.165, 1.54) is 23.9 Å². The number of nitro benzene ring substituents is 1. The van der Waals surface area contributed by atoms with Crippen LogP contribution in [0.1, 0.15) is 11.3 Å². The number of carbonyl (C=O) groups excluding carboxylic acids is 1. The first-order valence-electron chi connectivity index (χ1n) is 8.76. The molecule has 0 aliphatic carbocycles. The number of anilines is 1. The molecule has 0 saturated carbocycles. The third kappa shape index (κ3) is 4.70. The molecule has 3 aromatic rings. The molecule has 9 nitrogen and oxygen atoms in total. The second kappa shape index (κ2) is 8.42. The van der Waals surface area contributed by atoms with Crippen molar-refractivity contribution in [2.75, 3.05) is 19.0 Å². The van der Waals surface area contributed by atoms with Crippen LogP contribution in [0.2, 0.25) is 0 Å². The number of carbonyl (C=O) groups is 1. The van der Waals surface area contributed by atoms with Gasteiger partial charge in [-0.2, -0.15) is 5.10 Å². The van der Waals surface area contributed by atoms with Gasteiger partial charge >= 0.3 is 0 Å². The van der Waals surface area contributed by atoms with Crippen molar-refractivity contribution in [2.24, 2.45) is 0 Å². The van der Waals surface area contributed by atoms with Gasteiger partial charge in [0.05, 0.1) is 23.4 Å². The predicted octanol–water partition coefficient (Wildman–Crippen LogP) is 3.42. The number of rotatable bonds is 7. The summed E-state index contributed by atoms with van der Waals surface area (Å²) in [7, 11) is 1.53. The summed E-state index contributed by atoms with van der Waals surface area (Å²) in [6.45, 7) is 3.50. The predicted molar refractivity (Wildman–Crippen MR) is 107 cm³/mol. The second-order valence-corrected chi connectivity index (χ2v) is 6.35. The summed E-state index contributed by atoms with van der Waals surface area (Å²) in [6, 6.07) is 13.0. The van der Waals surface area contributed by atoms with Gasteiger partial charge in [-0.15, -0.1) is 0 Å². The van der Waals surface area contributed by atoms with E-state index in [-0.39, 0.29) is 18.2 Å². The molecule has 29 heavy (non-hydrogen) atoms. The van der Waals surface area contributed by atoms with E-state index in [0.717, 1.165) is 5.56 Å². The maximum absolute atomic E-state index is 12.4. The maximum atomic E-state index is 12.4. The highest BCUT2D eigenvalue weighted by atomic mass is 16.6. The van der Waals surface area contributed by atoms with Crippen molar-refractivity contribution in [3.63, 3.8) is 0 Å². The minimum atomic E-state index is -0.475. The molecule has 0 atom stereocenters. The zero-order valence-electron chi connectivity index (χ0n) is 16.2. The van der Waals surface area contributed by atoms with Crippen LogP contribution >= 0.6 is 0 Å². The smallest absolute Gasteiger partial charge is 0.269 e. The Balaban J connectivity index is 1.72. The quantitative estimate of drug-likeness (QED) is 0.484. The van der Waals surface area contributed by atoms with Gasteiger partial charge in [-0.25, -0.2) is 4.68 Å². The molecule has 9 heteroatoms. The topological polar surface area (TPSA) is 109 Å². The summed E-state index contributed by atoms with van der Waals surface area (Å²) in [5.74, 6) is 1.06. The van der Waals surface area contributed by atoms with E-state index in [1.807, 2.05) is 19.1 Å². The van der Waals surface area contributed by atoms with Crippen molar-refractivity contribution < 1.29 is 19.2 Å². The van der Waals surface area contributed by atoms with Crippen molar-refractivity contribution in [1.82, 2.24) is 9.78 Å². The number of benzene rings is 2. The fourth-order valence-corrected chi connectivity index (χ4v) is 2.72. The molecular formula is C20H20N4O5. The highest BCUT2D eigenvalue weighted by Gasteiger charge is 2.14. The average molecular weight is 396 g/mol. The van der Waals surface area contributed by atoms with Crippen molar-refractivity contribution in [3.05, 3.63) is 69.9 Å². The molecular weight excluding hydrogens is 376 g/mol. The largest absolute Gasteiger partial charge is 0.493 e. The number of amides is 1. The van der Waals surface area contributed by atoms with Crippen molar-refractivity contribution in [2.45, 2.75) is 13.8 Å². The number of aryl methyl sites for hydroxylation is 2. The molecule has 0 fully saturated rings. The first-order chi connectivity index (χ1) is 13.9. The van der Waals surface area contributed by atoms with Crippen LogP contribution in [0.15, 0.2) is 48.5 Å². The summed E-state index contributed by atoms with van der Waals surface area (Å²) < 4.78 is 12.3. The van der Waals surface area contributed by atoms with E-state index in [9.17, 15) is 14.9 Å². The standard InChI is InChI=1S/C20H20N4O5/c1-13-4-9-17(18(10-13)28-3)29-12-20(25)21-19-11-14(2)22-23(19)15-5-7-16(8-6-15)24(26)27/h4-11H,12H2,1-3H3,(H,21,25). The van der Waals surface area contributed by atoms with Gasteiger partial charge in [-0.3, -0.25) is 14.9 Å². The zero-order valence-corrected chi connectivity index (χ0v) is 16.2. The molecule has 0 aliphatic heterocycles. The Morgan fingerprint density at radius 3 is 2.52 bits per heavy atom. The van der Waals surface area contributed by atoms with Gasteiger partial charge in [-0.05, 0) is 43.7 Å². The first-order valence-corrected chi connectivity index (χ1v) is 8.76. The zero-order chi connectivity index (χ0) is 21.0. The van der Waals surface area contributed by atoms with E-state index in [2.05, 4.69) is 10.4 Å². The van der Waals surface area contributed by atoms with Gasteiger partial charge in [0.2, 0.25) is 0 Å². The van der Waals surface area contributed by atoms with Gasteiger partial charge in [0.15, 0.2) is 18.1 Å². The lowest BCUT2D eigenvalue weighted by atomic mass is 10.2. The number of hydrogen-bond donors (Lipinski definition) is 1. The molecule has 1 N–H and O–H groups in total. The molecule has 150 valence electrons. The SMILES string of the molecule is COc1cc(C)ccc1OCC(=O)Nc1cc(C)nn1-c1ccc([N+](=O)[O-])cc1. The van der Waals surface area contributed by atoms with E-state index in [0.29, 0.717) is 28.7 Å². The molecule has 1 heterocycles. The fourth-order valence-electron chi connectivity index (χ4n) is 2.72. The number of nitrogens with one attached hydrogen (secondary N) is 1. The van der Waals surface area contributed by atoms with Crippen molar-refractivity contribution in [3.8, 4) is 17.2 Å². The monoisotopic (exact) mass is 396 g/mol. The molecule has 3 rings (SSSR count). The fraction of sp³-hybridized carbons (Fsp3) is 0.200. The van der Waals surface area contributed by atoms with Crippen LogP contribution in [0.4, 0.5) is 11.5 Å². The van der Waals surface area contributed by atoms with Crippen LogP contribution in [0, 0.1) is 24.0 Å². The Morgan fingerprint density at radius 2 is 1.86 bits per heavy atom. The minimum Gasteiger partial charge on any atom is -0.493 e. The molecule has 0 spiro atoms. The van der Waals surface area contributed by atoms with E-state index < -0.39 is 4.92 Å². The Bertz CT molecular complexity index is 1040. The lowest BCUT2D eigenvalue weighted by Gasteiger charge is -2.12. The molecule has 0 saturated heterocycles. The highest BCUT2D eigenvalue weighted by Crippen LogP contribution is 2.27. The minimum absolute atomic E-state index is 0.0244. The Morgan fingerprint density at radius 1 is 1.14 bits per heavy atom. The van der Waals surface area contributed by atoms with Gasteiger partial charge in [0.25, 0.3) is 11.6 Å². The Kier molecular flexibility index (Phi) is 5.77. The summed E-state index contributed by atoms with van der Waals surface area (Å²) in [6.07, 6.45) is 0. The normalized spacial score (nSPS) is 10.4. The third-order valence-electron chi connectivity index (χ3n) is 4.08. The highest BCUT2D eigenvalue weighted by molar-refractivity contribution is 5.91. The van der Waals surface area contributed by atoms with Crippen molar-refractivity contribution >= 4 is 17.4 Å². The van der Waals surface area contributed by atoms with Crippen molar-refractivity contribution in [1.29, 1.82) is 0 Å². The molecule has 0 bridgehead atoms. The van der Waals surface area contributed by atoms with Crippen LogP contribution in [-0.2, 0) is 4.79 Å². The summed E-state index contributed by atoms with van der Waals surface area (Å²) in [4.78, 5) is 22.7. The number of aromatic nitrogens is 2. The molecule has 1 amide bonds. The van der Waals surface area contributed by atoms with E-state index >= 15 is 0 Å².